The third kappa shape index (κ3) is 7.05. The fourth-order valence-electron chi connectivity index (χ4n) is 3.87. The number of carbonyl (C=O) groups excluding carboxylic acids is 2. The molecule has 1 saturated heterocycles. The maximum absolute atomic E-state index is 12.8. The fourth-order valence-corrected chi connectivity index (χ4v) is 5.60. The molecular formula is C25H31NO6S. The highest BCUT2D eigenvalue weighted by molar-refractivity contribution is 7.91. The molecule has 0 bridgehead atoms. The summed E-state index contributed by atoms with van der Waals surface area (Å²) in [5, 5.41) is 0. The van der Waals surface area contributed by atoms with E-state index in [0.717, 1.165) is 24.0 Å². The van der Waals surface area contributed by atoms with Crippen molar-refractivity contribution in [2.24, 2.45) is 0 Å². The molecule has 1 heterocycles. The quantitative estimate of drug-likeness (QED) is 0.490. The highest BCUT2D eigenvalue weighted by Gasteiger charge is 2.34. The Morgan fingerprint density at radius 1 is 1.12 bits per heavy atom. The summed E-state index contributed by atoms with van der Waals surface area (Å²) in [5.41, 5.74) is 2.33. The summed E-state index contributed by atoms with van der Waals surface area (Å²) in [6.45, 7) is 4.30. The molecule has 3 rings (SSSR count). The molecule has 0 spiro atoms. The molecule has 1 aliphatic heterocycles. The SMILES string of the molecule is CCCCN(C(=O)COC(=O)c1ccccc1OCc1cccc(C)c1)C1CCS(=O)(=O)C1. The van der Waals surface area contributed by atoms with Gasteiger partial charge >= 0.3 is 5.97 Å². The van der Waals surface area contributed by atoms with Gasteiger partial charge in [0.05, 0.1) is 11.5 Å². The lowest BCUT2D eigenvalue weighted by Crippen LogP contribution is -2.43. The van der Waals surface area contributed by atoms with E-state index >= 15 is 0 Å². The van der Waals surface area contributed by atoms with E-state index in [1.807, 2.05) is 38.1 Å². The Morgan fingerprint density at radius 2 is 1.91 bits per heavy atom. The molecule has 0 N–H and O–H groups in total. The molecule has 1 amide bonds. The third-order valence-electron chi connectivity index (χ3n) is 5.63. The maximum Gasteiger partial charge on any atom is 0.342 e. The predicted octanol–water partition coefficient (Wildman–Crippen LogP) is 3.55. The van der Waals surface area contributed by atoms with Gasteiger partial charge < -0.3 is 14.4 Å². The van der Waals surface area contributed by atoms with Crippen LogP contribution in [0.25, 0.3) is 0 Å². The zero-order valence-electron chi connectivity index (χ0n) is 19.2. The molecule has 0 aliphatic carbocycles. The number of rotatable bonds is 10. The van der Waals surface area contributed by atoms with Crippen molar-refractivity contribution in [1.29, 1.82) is 0 Å². The highest BCUT2D eigenvalue weighted by Crippen LogP contribution is 2.22. The van der Waals surface area contributed by atoms with E-state index in [4.69, 9.17) is 9.47 Å². The molecular weight excluding hydrogens is 442 g/mol. The molecule has 2 aromatic rings. The number of hydrogen-bond acceptors (Lipinski definition) is 6. The first kappa shape index (κ1) is 24.8. The molecule has 2 aromatic carbocycles. The number of sulfone groups is 1. The minimum absolute atomic E-state index is 0.0357. The maximum atomic E-state index is 12.8. The largest absolute Gasteiger partial charge is 0.488 e. The van der Waals surface area contributed by atoms with Crippen molar-refractivity contribution in [1.82, 2.24) is 4.90 Å². The molecule has 1 fully saturated rings. The van der Waals surface area contributed by atoms with Gasteiger partial charge in [0.2, 0.25) is 0 Å². The molecule has 178 valence electrons. The standard InChI is InChI=1S/C25H31NO6S/c1-3-4-13-26(21-12-14-33(29,30)18-21)24(27)17-32-25(28)22-10-5-6-11-23(22)31-16-20-9-7-8-19(2)15-20/h5-11,15,21H,3-4,12-14,16-18H2,1-2H3. The summed E-state index contributed by atoms with van der Waals surface area (Å²) in [6.07, 6.45) is 2.04. The molecule has 1 aliphatic rings. The summed E-state index contributed by atoms with van der Waals surface area (Å²) >= 11 is 0. The van der Waals surface area contributed by atoms with Crippen molar-refractivity contribution in [3.05, 3.63) is 65.2 Å². The Labute approximate surface area is 195 Å². The van der Waals surface area contributed by atoms with Gasteiger partial charge in [-0.1, -0.05) is 55.3 Å². The lowest BCUT2D eigenvalue weighted by atomic mass is 10.1. The number of ether oxygens (including phenoxy) is 2. The highest BCUT2D eigenvalue weighted by atomic mass is 32.2. The molecule has 33 heavy (non-hydrogen) atoms. The van der Waals surface area contributed by atoms with Gasteiger partial charge in [-0.05, 0) is 37.5 Å². The zero-order chi connectivity index (χ0) is 23.8. The Bertz CT molecular complexity index is 1080. The van der Waals surface area contributed by atoms with Crippen LogP contribution in [0.3, 0.4) is 0 Å². The van der Waals surface area contributed by atoms with Crippen molar-refractivity contribution in [2.45, 2.75) is 45.8 Å². The topological polar surface area (TPSA) is 90.0 Å². The van der Waals surface area contributed by atoms with Crippen molar-refractivity contribution >= 4 is 21.7 Å². The number of esters is 1. The number of hydrogen-bond donors (Lipinski definition) is 0. The molecule has 0 saturated carbocycles. The Morgan fingerprint density at radius 3 is 2.61 bits per heavy atom. The number of unbranched alkanes of at least 4 members (excludes halogenated alkanes) is 1. The lowest BCUT2D eigenvalue weighted by Gasteiger charge is -2.28. The number of aryl methyl sites for hydroxylation is 1. The number of para-hydroxylation sites is 1. The van der Waals surface area contributed by atoms with Gasteiger partial charge in [-0.3, -0.25) is 4.79 Å². The van der Waals surface area contributed by atoms with Gasteiger partial charge in [-0.15, -0.1) is 0 Å². The number of nitrogens with zero attached hydrogens (tertiary/aromatic N) is 1. The van der Waals surface area contributed by atoms with Crippen LogP contribution in [0, 0.1) is 6.92 Å². The summed E-state index contributed by atoms with van der Waals surface area (Å²) in [4.78, 5) is 27.1. The van der Waals surface area contributed by atoms with E-state index in [0.29, 0.717) is 25.3 Å². The van der Waals surface area contributed by atoms with Gasteiger partial charge in [0, 0.05) is 12.6 Å². The Kier molecular flexibility index (Phi) is 8.49. The second-order valence-corrected chi connectivity index (χ2v) is 10.6. The van der Waals surface area contributed by atoms with Gasteiger partial charge in [-0.2, -0.15) is 0 Å². The molecule has 0 radical (unpaired) electrons. The van der Waals surface area contributed by atoms with Crippen LogP contribution in [0.2, 0.25) is 0 Å². The van der Waals surface area contributed by atoms with Crippen LogP contribution >= 0.6 is 0 Å². The molecule has 0 aromatic heterocycles. The first-order chi connectivity index (χ1) is 15.8. The van der Waals surface area contributed by atoms with Crippen LogP contribution in [-0.4, -0.2) is 55.9 Å². The summed E-state index contributed by atoms with van der Waals surface area (Å²) < 4.78 is 34.9. The van der Waals surface area contributed by atoms with Crippen LogP contribution in [0.4, 0.5) is 0 Å². The van der Waals surface area contributed by atoms with E-state index in [1.54, 1.807) is 29.2 Å². The van der Waals surface area contributed by atoms with E-state index in [9.17, 15) is 18.0 Å². The minimum atomic E-state index is -3.13. The number of amides is 1. The Hall–Kier alpha value is -2.87. The van der Waals surface area contributed by atoms with Crippen molar-refractivity contribution in [3.8, 4) is 5.75 Å². The number of benzene rings is 2. The van der Waals surface area contributed by atoms with Gasteiger partial charge in [0.15, 0.2) is 16.4 Å². The molecule has 1 atom stereocenters. The normalized spacial score (nSPS) is 16.8. The second-order valence-electron chi connectivity index (χ2n) is 8.35. The summed E-state index contributed by atoms with van der Waals surface area (Å²) in [7, 11) is -3.13. The minimum Gasteiger partial charge on any atom is -0.488 e. The fraction of sp³-hybridized carbons (Fsp3) is 0.440. The second kappa shape index (κ2) is 11.3. The van der Waals surface area contributed by atoms with Crippen molar-refractivity contribution in [3.63, 3.8) is 0 Å². The molecule has 7 nitrogen and oxygen atoms in total. The van der Waals surface area contributed by atoms with Crippen LogP contribution in [0.5, 0.6) is 5.75 Å². The van der Waals surface area contributed by atoms with Gasteiger partial charge in [-0.25, -0.2) is 13.2 Å². The average molecular weight is 474 g/mol. The first-order valence-electron chi connectivity index (χ1n) is 11.2. The van der Waals surface area contributed by atoms with E-state index in [-0.39, 0.29) is 29.0 Å². The van der Waals surface area contributed by atoms with E-state index in [2.05, 4.69) is 0 Å². The first-order valence-corrected chi connectivity index (χ1v) is 13.1. The summed E-state index contributed by atoms with van der Waals surface area (Å²) in [5.74, 6) is -0.610. The van der Waals surface area contributed by atoms with Crippen molar-refractivity contribution < 1.29 is 27.5 Å². The summed E-state index contributed by atoms with van der Waals surface area (Å²) in [6, 6.07) is 14.3. The smallest absolute Gasteiger partial charge is 0.342 e. The van der Waals surface area contributed by atoms with Crippen molar-refractivity contribution in [2.75, 3.05) is 24.7 Å². The monoisotopic (exact) mass is 473 g/mol. The van der Waals surface area contributed by atoms with Crippen LogP contribution in [-0.2, 0) is 26.0 Å². The molecule has 8 heteroatoms. The lowest BCUT2D eigenvalue weighted by molar-refractivity contribution is -0.136. The average Bonchev–Trinajstić information content (AvgIpc) is 3.15. The van der Waals surface area contributed by atoms with Crippen LogP contribution in [0.15, 0.2) is 48.5 Å². The van der Waals surface area contributed by atoms with Crippen LogP contribution in [0.1, 0.15) is 47.7 Å². The zero-order valence-corrected chi connectivity index (χ0v) is 20.0. The van der Waals surface area contributed by atoms with E-state index < -0.39 is 22.4 Å². The predicted molar refractivity (Wildman–Crippen MR) is 126 cm³/mol. The van der Waals surface area contributed by atoms with Gasteiger partial charge in [0.25, 0.3) is 5.91 Å². The molecule has 1 unspecified atom stereocenters. The van der Waals surface area contributed by atoms with Crippen LogP contribution < -0.4 is 4.74 Å². The van der Waals surface area contributed by atoms with Gasteiger partial charge in [0.1, 0.15) is 17.9 Å². The number of carbonyl (C=O) groups is 2. The third-order valence-corrected chi connectivity index (χ3v) is 7.38. The van der Waals surface area contributed by atoms with E-state index in [1.165, 1.54) is 0 Å². The Balaban J connectivity index is 1.62.